The van der Waals surface area contributed by atoms with Gasteiger partial charge in [0, 0.05) is 19.3 Å². The lowest BCUT2D eigenvalue weighted by Gasteiger charge is -2.05. The number of nitrogens with two attached hydrogens (primary N) is 1. The number of aromatic nitrogens is 1. The first kappa shape index (κ1) is 11.4. The Bertz CT molecular complexity index is 615. The quantitative estimate of drug-likeness (QED) is 0.841. The van der Waals surface area contributed by atoms with Crippen LogP contribution in [0.4, 0.5) is 11.4 Å². The first-order valence-corrected chi connectivity index (χ1v) is 5.77. The summed E-state index contributed by atoms with van der Waals surface area (Å²) < 4.78 is 1.40. The van der Waals surface area contributed by atoms with Crippen LogP contribution in [0.5, 0.6) is 0 Å². The molecule has 0 aliphatic rings. The maximum absolute atomic E-state index is 11.8. The maximum atomic E-state index is 11.8. The Morgan fingerprint density at radius 2 is 2.18 bits per heavy atom. The second kappa shape index (κ2) is 4.42. The molecule has 5 nitrogen and oxygen atoms in total. The summed E-state index contributed by atoms with van der Waals surface area (Å²) >= 11 is 1.28. The lowest BCUT2D eigenvalue weighted by Crippen LogP contribution is -2.17. The van der Waals surface area contributed by atoms with E-state index in [9.17, 15) is 9.59 Å². The fraction of sp³-hybridized carbons (Fsp3) is 0.0909. The van der Waals surface area contributed by atoms with Gasteiger partial charge in [0.25, 0.3) is 5.91 Å². The molecule has 0 fully saturated rings. The predicted octanol–water partition coefficient (Wildman–Crippen LogP) is 1.28. The van der Waals surface area contributed by atoms with E-state index in [1.165, 1.54) is 22.0 Å². The third-order valence-corrected chi connectivity index (χ3v) is 3.17. The fourth-order valence-electron chi connectivity index (χ4n) is 1.36. The number of nitrogen functional groups attached to an aromatic ring is 1. The van der Waals surface area contributed by atoms with Crippen molar-refractivity contribution in [2.45, 2.75) is 0 Å². The van der Waals surface area contributed by atoms with E-state index in [2.05, 4.69) is 5.32 Å². The minimum atomic E-state index is -0.267. The van der Waals surface area contributed by atoms with E-state index in [4.69, 9.17) is 5.73 Å². The van der Waals surface area contributed by atoms with Gasteiger partial charge >= 0.3 is 0 Å². The topological polar surface area (TPSA) is 77.1 Å². The molecule has 0 spiro atoms. The average molecular weight is 249 g/mol. The van der Waals surface area contributed by atoms with Gasteiger partial charge in [-0.15, -0.1) is 11.3 Å². The van der Waals surface area contributed by atoms with Gasteiger partial charge in [0.15, 0.2) is 0 Å². The number of hydrogen-bond donors (Lipinski definition) is 2. The van der Waals surface area contributed by atoms with E-state index in [-0.39, 0.29) is 11.5 Å². The van der Waals surface area contributed by atoms with Gasteiger partial charge in [0.1, 0.15) is 4.88 Å². The molecule has 3 N–H and O–H groups in total. The third kappa shape index (κ3) is 2.36. The first-order valence-electron chi connectivity index (χ1n) is 4.89. The van der Waals surface area contributed by atoms with Gasteiger partial charge in [0.05, 0.1) is 11.4 Å². The molecule has 0 aliphatic carbocycles. The van der Waals surface area contributed by atoms with E-state index in [0.29, 0.717) is 16.3 Å². The van der Waals surface area contributed by atoms with Crippen LogP contribution in [-0.2, 0) is 7.05 Å². The number of aryl methyl sites for hydroxylation is 1. The number of thiophene rings is 1. The van der Waals surface area contributed by atoms with Crippen LogP contribution < -0.4 is 16.6 Å². The zero-order valence-electron chi connectivity index (χ0n) is 9.14. The average Bonchev–Trinajstić information content (AvgIpc) is 2.70. The Labute approximate surface area is 102 Å². The highest BCUT2D eigenvalue weighted by atomic mass is 32.1. The van der Waals surface area contributed by atoms with Crippen LogP contribution in [0.3, 0.4) is 0 Å². The molecule has 2 aromatic heterocycles. The molecule has 0 radical (unpaired) electrons. The van der Waals surface area contributed by atoms with Gasteiger partial charge in [-0.25, -0.2) is 0 Å². The minimum Gasteiger partial charge on any atom is -0.397 e. The van der Waals surface area contributed by atoms with Crippen LogP contribution >= 0.6 is 11.3 Å². The van der Waals surface area contributed by atoms with Gasteiger partial charge in [-0.2, -0.15) is 0 Å². The number of amides is 1. The highest BCUT2D eigenvalue weighted by molar-refractivity contribution is 7.12. The second-order valence-corrected chi connectivity index (χ2v) is 4.44. The largest absolute Gasteiger partial charge is 0.397 e. The molecule has 0 aromatic carbocycles. The summed E-state index contributed by atoms with van der Waals surface area (Å²) in [5.74, 6) is -0.267. The van der Waals surface area contributed by atoms with Crippen molar-refractivity contribution in [1.82, 2.24) is 4.57 Å². The smallest absolute Gasteiger partial charge is 0.267 e. The molecular formula is C11H11N3O2S. The van der Waals surface area contributed by atoms with E-state index < -0.39 is 0 Å². The van der Waals surface area contributed by atoms with Crippen molar-refractivity contribution < 1.29 is 4.79 Å². The molecule has 6 heteroatoms. The number of nitrogens with zero attached hydrogens (tertiary/aromatic N) is 1. The van der Waals surface area contributed by atoms with Crippen molar-refractivity contribution in [1.29, 1.82) is 0 Å². The number of carbonyl (C=O) groups is 1. The Kier molecular flexibility index (Phi) is 2.97. The van der Waals surface area contributed by atoms with Gasteiger partial charge in [-0.05, 0) is 17.5 Å². The lowest BCUT2D eigenvalue weighted by molar-refractivity contribution is 0.103. The van der Waals surface area contributed by atoms with Crippen LogP contribution in [0, 0.1) is 0 Å². The van der Waals surface area contributed by atoms with Gasteiger partial charge in [0.2, 0.25) is 5.56 Å². The Balaban J connectivity index is 2.22. The zero-order chi connectivity index (χ0) is 12.4. The minimum absolute atomic E-state index is 0.126. The van der Waals surface area contributed by atoms with Gasteiger partial charge < -0.3 is 15.6 Å². The van der Waals surface area contributed by atoms with Crippen molar-refractivity contribution in [2.75, 3.05) is 11.1 Å². The summed E-state index contributed by atoms with van der Waals surface area (Å²) in [7, 11) is 1.62. The molecule has 0 unspecified atom stereocenters. The number of hydrogen-bond acceptors (Lipinski definition) is 4. The number of nitrogens with one attached hydrogen (secondary N) is 1. The van der Waals surface area contributed by atoms with E-state index in [1.807, 2.05) is 0 Å². The summed E-state index contributed by atoms with van der Waals surface area (Å²) in [4.78, 5) is 23.5. The fourth-order valence-corrected chi connectivity index (χ4v) is 2.07. The van der Waals surface area contributed by atoms with Crippen LogP contribution in [0.25, 0.3) is 0 Å². The Morgan fingerprint density at radius 1 is 1.41 bits per heavy atom. The lowest BCUT2D eigenvalue weighted by atomic mass is 10.3. The first-order chi connectivity index (χ1) is 8.08. The molecule has 1 amide bonds. The molecule has 17 heavy (non-hydrogen) atoms. The van der Waals surface area contributed by atoms with Gasteiger partial charge in [-0.3, -0.25) is 9.59 Å². The monoisotopic (exact) mass is 249 g/mol. The standard InChI is InChI=1S/C11H11N3O2S/c1-14-6-7(2-3-9(14)15)13-11(16)10-8(12)4-5-17-10/h2-6H,12H2,1H3,(H,13,16). The third-order valence-electron chi connectivity index (χ3n) is 2.25. The van der Waals surface area contributed by atoms with Crippen LogP contribution in [0.15, 0.2) is 34.6 Å². The summed E-state index contributed by atoms with van der Waals surface area (Å²) in [5, 5.41) is 4.44. The highest BCUT2D eigenvalue weighted by Crippen LogP contribution is 2.20. The van der Waals surface area contributed by atoms with Crippen molar-refractivity contribution in [3.05, 3.63) is 45.0 Å². The predicted molar refractivity (Wildman–Crippen MR) is 68.4 cm³/mol. The molecule has 2 aromatic rings. The summed E-state index contributed by atoms with van der Waals surface area (Å²) in [6.07, 6.45) is 1.56. The van der Waals surface area contributed by atoms with Crippen LogP contribution in [0.1, 0.15) is 9.67 Å². The molecule has 2 rings (SSSR count). The highest BCUT2D eigenvalue weighted by Gasteiger charge is 2.11. The number of pyridine rings is 1. The van der Waals surface area contributed by atoms with E-state index >= 15 is 0 Å². The van der Waals surface area contributed by atoms with Crippen molar-refractivity contribution >= 4 is 28.6 Å². The Hall–Kier alpha value is -2.08. The second-order valence-electron chi connectivity index (χ2n) is 3.53. The SMILES string of the molecule is Cn1cc(NC(=O)c2sccc2N)ccc1=O. The van der Waals surface area contributed by atoms with Crippen LogP contribution in [-0.4, -0.2) is 10.5 Å². The summed E-state index contributed by atoms with van der Waals surface area (Å²) in [6.45, 7) is 0. The van der Waals surface area contributed by atoms with Crippen molar-refractivity contribution in [3.8, 4) is 0 Å². The zero-order valence-corrected chi connectivity index (χ0v) is 9.95. The normalized spacial score (nSPS) is 10.2. The number of rotatable bonds is 2. The molecule has 0 atom stereocenters. The van der Waals surface area contributed by atoms with E-state index in [1.54, 1.807) is 30.8 Å². The summed E-state index contributed by atoms with van der Waals surface area (Å²) in [5.41, 5.74) is 6.53. The Morgan fingerprint density at radius 3 is 2.76 bits per heavy atom. The molecule has 0 saturated heterocycles. The van der Waals surface area contributed by atoms with Crippen molar-refractivity contribution in [3.63, 3.8) is 0 Å². The molecule has 0 bridgehead atoms. The molecular weight excluding hydrogens is 238 g/mol. The van der Waals surface area contributed by atoms with Crippen molar-refractivity contribution in [2.24, 2.45) is 7.05 Å². The summed E-state index contributed by atoms with van der Waals surface area (Å²) in [6, 6.07) is 4.64. The number of carbonyl (C=O) groups excluding carboxylic acids is 1. The van der Waals surface area contributed by atoms with Gasteiger partial charge in [-0.1, -0.05) is 0 Å². The van der Waals surface area contributed by atoms with E-state index in [0.717, 1.165) is 0 Å². The molecule has 0 saturated carbocycles. The molecule has 2 heterocycles. The van der Waals surface area contributed by atoms with Crippen LogP contribution in [0.2, 0.25) is 0 Å². The molecule has 88 valence electrons. The molecule has 0 aliphatic heterocycles. The number of anilines is 2. The maximum Gasteiger partial charge on any atom is 0.267 e.